The predicted octanol–water partition coefficient (Wildman–Crippen LogP) is 13.6. The number of fused-ring (bicyclic) bond motifs is 4. The summed E-state index contributed by atoms with van der Waals surface area (Å²) in [6.07, 6.45) is 0. The minimum atomic E-state index is 1.11. The first-order valence-electron chi connectivity index (χ1n) is 16.8. The second-order valence-electron chi connectivity index (χ2n) is 12.6. The highest BCUT2D eigenvalue weighted by atomic mass is 15.1. The summed E-state index contributed by atoms with van der Waals surface area (Å²) in [7, 11) is 0. The monoisotopic (exact) mass is 623 g/mol. The van der Waals surface area contributed by atoms with Crippen LogP contribution in [-0.2, 0) is 0 Å². The largest absolute Gasteiger partial charge is 0.310 e. The van der Waals surface area contributed by atoms with Crippen LogP contribution in [0, 0.1) is 0 Å². The van der Waals surface area contributed by atoms with Gasteiger partial charge in [0.05, 0.1) is 5.69 Å². The van der Waals surface area contributed by atoms with Crippen molar-refractivity contribution in [2.24, 2.45) is 0 Å². The maximum absolute atomic E-state index is 2.39. The molecule has 230 valence electrons. The number of hydrogen-bond acceptors (Lipinski definition) is 1. The van der Waals surface area contributed by atoms with Crippen molar-refractivity contribution < 1.29 is 0 Å². The minimum Gasteiger partial charge on any atom is -0.310 e. The molecule has 0 aliphatic heterocycles. The van der Waals surface area contributed by atoms with Crippen LogP contribution in [-0.4, -0.2) is 0 Å². The van der Waals surface area contributed by atoms with Gasteiger partial charge in [-0.2, -0.15) is 0 Å². The fourth-order valence-electron chi connectivity index (χ4n) is 7.15. The van der Waals surface area contributed by atoms with Crippen molar-refractivity contribution in [2.45, 2.75) is 0 Å². The Balaban J connectivity index is 1.16. The number of rotatable bonds is 6. The van der Waals surface area contributed by atoms with Gasteiger partial charge < -0.3 is 4.90 Å². The van der Waals surface area contributed by atoms with E-state index in [0.29, 0.717) is 0 Å². The van der Waals surface area contributed by atoms with E-state index >= 15 is 0 Å². The average molecular weight is 624 g/mol. The van der Waals surface area contributed by atoms with Gasteiger partial charge in [0.15, 0.2) is 0 Å². The molecule has 0 N–H and O–H groups in total. The Hall–Kier alpha value is -6.44. The first kappa shape index (κ1) is 28.8. The number of benzene rings is 9. The van der Waals surface area contributed by atoms with Crippen LogP contribution in [0.5, 0.6) is 0 Å². The van der Waals surface area contributed by atoms with E-state index in [1.807, 2.05) is 0 Å². The summed E-state index contributed by atoms with van der Waals surface area (Å²) >= 11 is 0. The molecule has 9 aromatic carbocycles. The van der Waals surface area contributed by atoms with Crippen molar-refractivity contribution in [3.63, 3.8) is 0 Å². The zero-order valence-electron chi connectivity index (χ0n) is 27.0. The lowest BCUT2D eigenvalue weighted by Crippen LogP contribution is -2.11. The summed E-state index contributed by atoms with van der Waals surface area (Å²) in [5, 5.41) is 7.60. The molecule has 0 aromatic heterocycles. The number of nitrogens with zero attached hydrogens (tertiary/aromatic N) is 1. The third-order valence-corrected chi connectivity index (χ3v) is 9.62. The van der Waals surface area contributed by atoms with Crippen LogP contribution in [0.3, 0.4) is 0 Å². The lowest BCUT2D eigenvalue weighted by atomic mass is 9.97. The molecule has 0 amide bonds. The van der Waals surface area contributed by atoms with Crippen molar-refractivity contribution in [3.8, 4) is 33.4 Å². The predicted molar refractivity (Wildman–Crippen MR) is 210 cm³/mol. The molecule has 9 aromatic rings. The van der Waals surface area contributed by atoms with E-state index in [-0.39, 0.29) is 0 Å². The summed E-state index contributed by atoms with van der Waals surface area (Å²) in [5.74, 6) is 0. The highest BCUT2D eigenvalue weighted by Gasteiger charge is 2.18. The molecule has 0 unspecified atom stereocenters. The van der Waals surface area contributed by atoms with E-state index in [1.54, 1.807) is 0 Å². The molecule has 49 heavy (non-hydrogen) atoms. The smallest absolute Gasteiger partial charge is 0.0540 e. The number of para-hydroxylation sites is 1. The summed E-state index contributed by atoms with van der Waals surface area (Å²) in [5.41, 5.74) is 10.5. The molecule has 0 saturated heterocycles. The van der Waals surface area contributed by atoms with E-state index in [2.05, 4.69) is 205 Å². The van der Waals surface area contributed by atoms with Gasteiger partial charge in [0.1, 0.15) is 0 Å². The van der Waals surface area contributed by atoms with Crippen LogP contribution in [0.2, 0.25) is 0 Å². The van der Waals surface area contributed by atoms with Crippen molar-refractivity contribution in [1.82, 2.24) is 0 Å². The lowest BCUT2D eigenvalue weighted by Gasteiger charge is -2.28. The average Bonchev–Trinajstić information content (AvgIpc) is 3.18. The maximum Gasteiger partial charge on any atom is 0.0540 e. The molecule has 0 spiro atoms. The molecule has 9 rings (SSSR count). The van der Waals surface area contributed by atoms with Gasteiger partial charge in [0.25, 0.3) is 0 Å². The number of anilines is 3. The normalized spacial score (nSPS) is 11.3. The summed E-state index contributed by atoms with van der Waals surface area (Å²) in [4.78, 5) is 2.39. The van der Waals surface area contributed by atoms with Crippen molar-refractivity contribution in [3.05, 3.63) is 200 Å². The van der Waals surface area contributed by atoms with Gasteiger partial charge in [0, 0.05) is 16.9 Å². The van der Waals surface area contributed by atoms with Gasteiger partial charge in [-0.15, -0.1) is 0 Å². The maximum atomic E-state index is 2.39. The Morgan fingerprint density at radius 1 is 0.265 bits per heavy atom. The number of hydrogen-bond donors (Lipinski definition) is 0. The first-order valence-corrected chi connectivity index (χ1v) is 16.8. The highest BCUT2D eigenvalue weighted by molar-refractivity contribution is 6.08. The zero-order chi connectivity index (χ0) is 32.6. The molecule has 0 atom stereocenters. The van der Waals surface area contributed by atoms with E-state index in [4.69, 9.17) is 0 Å². The zero-order valence-corrected chi connectivity index (χ0v) is 27.0. The van der Waals surface area contributed by atoms with Crippen molar-refractivity contribution >= 4 is 49.4 Å². The second-order valence-corrected chi connectivity index (χ2v) is 12.6. The summed E-state index contributed by atoms with van der Waals surface area (Å²) in [6, 6.07) is 72.5. The van der Waals surface area contributed by atoms with Crippen LogP contribution < -0.4 is 4.90 Å². The van der Waals surface area contributed by atoms with Gasteiger partial charge in [0.2, 0.25) is 0 Å². The molecule has 0 bridgehead atoms. The van der Waals surface area contributed by atoms with Crippen molar-refractivity contribution in [2.75, 3.05) is 4.90 Å². The van der Waals surface area contributed by atoms with E-state index in [1.165, 1.54) is 65.7 Å². The van der Waals surface area contributed by atoms with Gasteiger partial charge >= 0.3 is 0 Å². The van der Waals surface area contributed by atoms with Gasteiger partial charge in [-0.1, -0.05) is 158 Å². The first-order chi connectivity index (χ1) is 24.3. The van der Waals surface area contributed by atoms with Gasteiger partial charge in [-0.3, -0.25) is 0 Å². The van der Waals surface area contributed by atoms with Crippen molar-refractivity contribution in [1.29, 1.82) is 0 Å². The van der Waals surface area contributed by atoms with Crippen LogP contribution in [0.25, 0.3) is 65.7 Å². The van der Waals surface area contributed by atoms with E-state index in [9.17, 15) is 0 Å². The molecule has 0 aliphatic carbocycles. The second kappa shape index (κ2) is 12.3. The Bertz CT molecular complexity index is 2600. The van der Waals surface area contributed by atoms with E-state index < -0.39 is 0 Å². The van der Waals surface area contributed by atoms with Crippen LogP contribution in [0.15, 0.2) is 200 Å². The minimum absolute atomic E-state index is 1.11. The fourth-order valence-corrected chi connectivity index (χ4v) is 7.15. The molecular formula is C48H33N. The SMILES string of the molecule is c1ccc(-c2ccccc2N(c2ccc(-c3ccc4c(ccc5ccccc54)c3)cc2)c2cccc(-c3ccc4ccccc4c3)c2)cc1. The Labute approximate surface area is 287 Å². The standard InChI is InChI=1S/C48H33N/c1-2-12-36(13-3-1)47-19-8-9-20-48(47)49(44-17-10-16-39(33-44)41-23-21-34-11-4-5-15-38(34)31-41)43-28-25-35(26-29-43)40-27-30-46-42(32-40)24-22-37-14-6-7-18-45(37)46/h1-33H. The third-order valence-electron chi connectivity index (χ3n) is 9.62. The molecular weight excluding hydrogens is 591 g/mol. The molecule has 0 heterocycles. The Morgan fingerprint density at radius 3 is 1.71 bits per heavy atom. The molecule has 0 aliphatic rings. The quantitative estimate of drug-likeness (QED) is 0.167. The summed E-state index contributed by atoms with van der Waals surface area (Å²) in [6.45, 7) is 0. The highest BCUT2D eigenvalue weighted by Crippen LogP contribution is 2.42. The molecule has 0 fully saturated rings. The molecule has 1 nitrogen and oxygen atoms in total. The topological polar surface area (TPSA) is 3.24 Å². The Kier molecular flexibility index (Phi) is 7.22. The molecule has 0 radical (unpaired) electrons. The van der Waals surface area contributed by atoms with Gasteiger partial charge in [-0.25, -0.2) is 0 Å². The summed E-state index contributed by atoms with van der Waals surface area (Å²) < 4.78 is 0. The fraction of sp³-hybridized carbons (Fsp3) is 0. The molecule has 0 saturated carbocycles. The third kappa shape index (κ3) is 5.42. The van der Waals surface area contributed by atoms with Crippen LogP contribution in [0.1, 0.15) is 0 Å². The Morgan fingerprint density at radius 2 is 0.837 bits per heavy atom. The van der Waals surface area contributed by atoms with E-state index in [0.717, 1.165) is 17.1 Å². The lowest BCUT2D eigenvalue weighted by molar-refractivity contribution is 1.28. The van der Waals surface area contributed by atoms with Crippen LogP contribution in [0.4, 0.5) is 17.1 Å². The van der Waals surface area contributed by atoms with Gasteiger partial charge in [-0.05, 0) is 103 Å². The van der Waals surface area contributed by atoms with Crippen LogP contribution >= 0.6 is 0 Å². The molecule has 1 heteroatoms.